The molecule has 0 spiro atoms. The van der Waals surface area contributed by atoms with E-state index in [0.29, 0.717) is 17.8 Å². The van der Waals surface area contributed by atoms with Crippen molar-refractivity contribution in [3.63, 3.8) is 0 Å². The Labute approximate surface area is 135 Å². The van der Waals surface area contributed by atoms with Gasteiger partial charge in [0.1, 0.15) is 23.4 Å². The SMILES string of the molecule is COc1cc(F)c(S(=O)(=O)N[C@@H](Cc2cnc[nH]2)C(=O)O)c(F)c1. The zero-order chi connectivity index (χ0) is 17.9. The van der Waals surface area contributed by atoms with Crippen LogP contribution in [0.2, 0.25) is 0 Å². The van der Waals surface area contributed by atoms with Crippen molar-refractivity contribution in [2.75, 3.05) is 7.11 Å². The van der Waals surface area contributed by atoms with Crippen molar-refractivity contribution >= 4 is 16.0 Å². The number of aromatic amines is 1. The van der Waals surface area contributed by atoms with E-state index in [1.807, 2.05) is 0 Å². The second kappa shape index (κ2) is 6.93. The van der Waals surface area contributed by atoms with Crippen molar-refractivity contribution in [3.8, 4) is 5.75 Å². The highest BCUT2D eigenvalue weighted by Crippen LogP contribution is 2.24. The van der Waals surface area contributed by atoms with Crippen LogP contribution in [0.1, 0.15) is 5.69 Å². The predicted molar refractivity (Wildman–Crippen MR) is 76.9 cm³/mol. The van der Waals surface area contributed by atoms with E-state index in [-0.39, 0.29) is 12.2 Å². The number of carboxylic acids is 1. The summed E-state index contributed by atoms with van der Waals surface area (Å²) >= 11 is 0. The predicted octanol–water partition coefficient (Wildman–Crippen LogP) is 0.671. The Balaban J connectivity index is 2.34. The van der Waals surface area contributed by atoms with E-state index in [1.165, 1.54) is 12.5 Å². The molecule has 0 fully saturated rings. The maximum atomic E-state index is 13.9. The van der Waals surface area contributed by atoms with Gasteiger partial charge in [0.2, 0.25) is 10.0 Å². The van der Waals surface area contributed by atoms with E-state index < -0.39 is 38.6 Å². The highest BCUT2D eigenvalue weighted by molar-refractivity contribution is 7.89. The minimum atomic E-state index is -4.76. The number of aromatic nitrogens is 2. The van der Waals surface area contributed by atoms with Crippen molar-refractivity contribution in [2.45, 2.75) is 17.4 Å². The van der Waals surface area contributed by atoms with E-state index in [9.17, 15) is 22.0 Å². The van der Waals surface area contributed by atoms with Crippen LogP contribution in [0.5, 0.6) is 5.75 Å². The molecule has 0 aliphatic heterocycles. The van der Waals surface area contributed by atoms with Crippen molar-refractivity contribution in [2.24, 2.45) is 0 Å². The molecule has 0 saturated carbocycles. The Morgan fingerprint density at radius 2 is 2.04 bits per heavy atom. The Morgan fingerprint density at radius 1 is 1.42 bits per heavy atom. The van der Waals surface area contributed by atoms with Gasteiger partial charge in [-0.05, 0) is 0 Å². The summed E-state index contributed by atoms with van der Waals surface area (Å²) < 4.78 is 58.6. The van der Waals surface area contributed by atoms with Crippen LogP contribution in [0.25, 0.3) is 0 Å². The Bertz CT molecular complexity index is 816. The van der Waals surface area contributed by atoms with E-state index in [0.717, 1.165) is 7.11 Å². The molecule has 11 heteroatoms. The molecule has 0 amide bonds. The number of H-pyrrole nitrogens is 1. The molecule has 3 N–H and O–H groups in total. The van der Waals surface area contributed by atoms with E-state index in [1.54, 1.807) is 4.72 Å². The molecule has 1 heterocycles. The highest BCUT2D eigenvalue weighted by atomic mass is 32.2. The molecule has 0 saturated heterocycles. The lowest BCUT2D eigenvalue weighted by molar-refractivity contribution is -0.138. The zero-order valence-corrected chi connectivity index (χ0v) is 13.1. The fraction of sp³-hybridized carbons (Fsp3) is 0.231. The van der Waals surface area contributed by atoms with Crippen LogP contribution < -0.4 is 9.46 Å². The van der Waals surface area contributed by atoms with Gasteiger partial charge in [-0.2, -0.15) is 4.72 Å². The van der Waals surface area contributed by atoms with Crippen LogP contribution in [0.4, 0.5) is 8.78 Å². The van der Waals surface area contributed by atoms with Crippen LogP contribution >= 0.6 is 0 Å². The van der Waals surface area contributed by atoms with Crippen LogP contribution in [0.3, 0.4) is 0 Å². The molecule has 0 unspecified atom stereocenters. The van der Waals surface area contributed by atoms with Gasteiger partial charge in [-0.15, -0.1) is 0 Å². The molecule has 0 aliphatic rings. The van der Waals surface area contributed by atoms with Gasteiger partial charge in [0.05, 0.1) is 13.4 Å². The van der Waals surface area contributed by atoms with Crippen LogP contribution in [-0.4, -0.2) is 42.6 Å². The maximum Gasteiger partial charge on any atom is 0.322 e. The largest absolute Gasteiger partial charge is 0.497 e. The van der Waals surface area contributed by atoms with E-state index in [2.05, 4.69) is 14.7 Å². The van der Waals surface area contributed by atoms with Crippen molar-refractivity contribution in [3.05, 3.63) is 42.0 Å². The number of nitrogens with zero attached hydrogens (tertiary/aromatic N) is 1. The number of carbonyl (C=O) groups is 1. The first kappa shape index (κ1) is 17.8. The molecular formula is C13H13F2N3O5S. The van der Waals surface area contributed by atoms with Crippen molar-refractivity contribution < 1.29 is 31.8 Å². The van der Waals surface area contributed by atoms with Gasteiger partial charge < -0.3 is 14.8 Å². The second-order valence-electron chi connectivity index (χ2n) is 4.71. The number of halogens is 2. The molecule has 8 nitrogen and oxygen atoms in total. The molecular weight excluding hydrogens is 348 g/mol. The summed E-state index contributed by atoms with van der Waals surface area (Å²) in [5, 5.41) is 9.13. The monoisotopic (exact) mass is 361 g/mol. The summed E-state index contributed by atoms with van der Waals surface area (Å²) in [4.78, 5) is 16.2. The van der Waals surface area contributed by atoms with E-state index >= 15 is 0 Å². The van der Waals surface area contributed by atoms with Gasteiger partial charge in [-0.25, -0.2) is 22.2 Å². The van der Waals surface area contributed by atoms with Crippen LogP contribution in [0.15, 0.2) is 29.6 Å². The third kappa shape index (κ3) is 3.86. The fourth-order valence-electron chi connectivity index (χ4n) is 1.95. The number of methoxy groups -OCH3 is 1. The topological polar surface area (TPSA) is 121 Å². The number of hydrogen-bond donors (Lipinski definition) is 3. The third-order valence-corrected chi connectivity index (χ3v) is 4.57. The lowest BCUT2D eigenvalue weighted by Crippen LogP contribution is -2.42. The fourth-order valence-corrected chi connectivity index (χ4v) is 3.26. The average molecular weight is 361 g/mol. The summed E-state index contributed by atoms with van der Waals surface area (Å²) in [5.41, 5.74) is 0.334. The summed E-state index contributed by atoms with van der Waals surface area (Å²) in [6, 6.07) is -0.277. The first-order valence-electron chi connectivity index (χ1n) is 6.50. The Morgan fingerprint density at radius 3 is 2.50 bits per heavy atom. The number of aliphatic carboxylic acids is 1. The van der Waals surface area contributed by atoms with E-state index in [4.69, 9.17) is 5.11 Å². The molecule has 24 heavy (non-hydrogen) atoms. The number of benzene rings is 1. The third-order valence-electron chi connectivity index (χ3n) is 3.05. The Hall–Kier alpha value is -2.53. The van der Waals surface area contributed by atoms with Gasteiger partial charge in [0.25, 0.3) is 0 Å². The first-order valence-corrected chi connectivity index (χ1v) is 7.98. The molecule has 1 aromatic heterocycles. The molecule has 1 aromatic carbocycles. The van der Waals surface area contributed by atoms with Crippen LogP contribution in [0, 0.1) is 11.6 Å². The number of sulfonamides is 1. The highest BCUT2D eigenvalue weighted by Gasteiger charge is 2.31. The lowest BCUT2D eigenvalue weighted by Gasteiger charge is -2.15. The molecule has 2 aromatic rings. The minimum absolute atomic E-state index is 0.212. The minimum Gasteiger partial charge on any atom is -0.497 e. The van der Waals surface area contributed by atoms with Crippen molar-refractivity contribution in [1.29, 1.82) is 0 Å². The number of nitrogens with one attached hydrogen (secondary N) is 2. The average Bonchev–Trinajstić information content (AvgIpc) is 2.98. The number of hydrogen-bond acceptors (Lipinski definition) is 5. The molecule has 0 radical (unpaired) electrons. The molecule has 0 bridgehead atoms. The zero-order valence-electron chi connectivity index (χ0n) is 12.3. The van der Waals surface area contributed by atoms with Gasteiger partial charge in [0.15, 0.2) is 4.90 Å². The lowest BCUT2D eigenvalue weighted by atomic mass is 10.2. The van der Waals surface area contributed by atoms with Gasteiger partial charge in [0, 0.05) is 30.4 Å². The number of imidazole rings is 1. The first-order chi connectivity index (χ1) is 11.2. The Kier molecular flexibility index (Phi) is 5.14. The summed E-state index contributed by atoms with van der Waals surface area (Å²) in [7, 11) is -3.61. The van der Waals surface area contributed by atoms with Gasteiger partial charge in [-0.3, -0.25) is 4.79 Å². The van der Waals surface area contributed by atoms with Crippen LogP contribution in [-0.2, 0) is 21.2 Å². The number of carboxylic acid groups (broad SMARTS) is 1. The second-order valence-corrected chi connectivity index (χ2v) is 6.36. The maximum absolute atomic E-state index is 13.9. The quantitative estimate of drug-likeness (QED) is 0.666. The summed E-state index contributed by atoms with van der Waals surface area (Å²) in [5.74, 6) is -4.52. The molecule has 1 atom stereocenters. The van der Waals surface area contributed by atoms with Gasteiger partial charge in [-0.1, -0.05) is 0 Å². The summed E-state index contributed by atoms with van der Waals surface area (Å²) in [6.45, 7) is 0. The molecule has 130 valence electrons. The number of rotatable bonds is 7. The summed E-state index contributed by atoms with van der Waals surface area (Å²) in [6.07, 6.45) is 2.30. The van der Waals surface area contributed by atoms with Crippen molar-refractivity contribution in [1.82, 2.24) is 14.7 Å². The number of ether oxygens (including phenoxy) is 1. The molecule has 2 rings (SSSR count). The normalized spacial score (nSPS) is 12.8. The smallest absolute Gasteiger partial charge is 0.322 e. The molecule has 0 aliphatic carbocycles. The van der Waals surface area contributed by atoms with Gasteiger partial charge >= 0.3 is 5.97 Å². The standard InChI is InChI=1S/C13H13F2N3O5S/c1-23-8-3-9(14)12(10(15)4-8)24(21,22)18-11(13(19)20)2-7-5-16-6-17-7/h3-6,11,18H,2H2,1H3,(H,16,17)(H,19,20)/t11-/m0/s1.